The Hall–Kier alpha value is -1.99. The summed E-state index contributed by atoms with van der Waals surface area (Å²) in [6.45, 7) is 2.38. The van der Waals surface area contributed by atoms with Crippen LogP contribution in [0.25, 0.3) is 0 Å². The Morgan fingerprint density at radius 1 is 1.42 bits per heavy atom. The van der Waals surface area contributed by atoms with Crippen LogP contribution in [-0.2, 0) is 13.7 Å². The first kappa shape index (κ1) is 13.4. The van der Waals surface area contributed by atoms with E-state index in [-0.39, 0.29) is 0 Å². The quantitative estimate of drug-likeness (QED) is 0.637. The molecule has 0 unspecified atom stereocenters. The number of rotatable bonds is 3. The Labute approximate surface area is 117 Å². The molecule has 0 atom stereocenters. The van der Waals surface area contributed by atoms with Gasteiger partial charge in [-0.25, -0.2) is 4.98 Å². The third-order valence-electron chi connectivity index (χ3n) is 2.64. The molecule has 0 N–H and O–H groups in total. The molecule has 1 aromatic heterocycles. The highest BCUT2D eigenvalue weighted by Crippen LogP contribution is 2.19. The summed E-state index contributed by atoms with van der Waals surface area (Å²) in [6, 6.07) is 5.80. The predicted octanol–water partition coefficient (Wildman–Crippen LogP) is 2.29. The Bertz CT molecular complexity index is 625. The molecule has 0 aliphatic carbocycles. The molecule has 4 nitrogen and oxygen atoms in total. The average Bonchev–Trinajstić information content (AvgIpc) is 2.81. The van der Waals surface area contributed by atoms with Gasteiger partial charge in [0.1, 0.15) is 18.7 Å². The van der Waals surface area contributed by atoms with Crippen LogP contribution in [0.1, 0.15) is 17.0 Å². The second kappa shape index (κ2) is 6.26. The minimum Gasteiger partial charge on any atom is -0.485 e. The highest BCUT2D eigenvalue weighted by molar-refractivity contribution is 6.19. The maximum atomic E-state index is 5.72. The lowest BCUT2D eigenvalue weighted by Gasteiger charge is -2.08. The van der Waals surface area contributed by atoms with Crippen LogP contribution in [0.2, 0.25) is 0 Å². The maximum absolute atomic E-state index is 5.72. The summed E-state index contributed by atoms with van der Waals surface area (Å²) in [7, 11) is 1.84. The fourth-order valence-electron chi connectivity index (χ4n) is 1.62. The molecule has 0 spiro atoms. The van der Waals surface area contributed by atoms with E-state index in [0.29, 0.717) is 12.5 Å². The first-order chi connectivity index (χ1) is 9.20. The van der Waals surface area contributed by atoms with Crippen molar-refractivity contribution < 1.29 is 4.74 Å². The molecule has 0 fully saturated rings. The van der Waals surface area contributed by atoms with Gasteiger partial charge in [-0.1, -0.05) is 11.8 Å². The van der Waals surface area contributed by atoms with Gasteiger partial charge in [0.05, 0.1) is 5.88 Å². The molecule has 1 aromatic carbocycles. The fraction of sp³-hybridized carbons (Fsp3) is 0.286. The van der Waals surface area contributed by atoms with Crippen molar-refractivity contribution in [1.29, 1.82) is 0 Å². The number of hydrogen-bond acceptors (Lipinski definition) is 3. The van der Waals surface area contributed by atoms with Crippen LogP contribution in [0.15, 0.2) is 24.5 Å². The zero-order chi connectivity index (χ0) is 13.7. The zero-order valence-electron chi connectivity index (χ0n) is 10.9. The van der Waals surface area contributed by atoms with Crippen LogP contribution in [-0.4, -0.2) is 20.6 Å². The van der Waals surface area contributed by atoms with E-state index in [9.17, 15) is 0 Å². The van der Waals surface area contributed by atoms with Gasteiger partial charge >= 0.3 is 0 Å². The number of alkyl halides is 1. The Morgan fingerprint density at radius 2 is 2.26 bits per heavy atom. The summed E-state index contributed by atoms with van der Waals surface area (Å²) >= 11 is 5.53. The smallest absolute Gasteiger partial charge is 0.164 e. The number of aryl methyl sites for hydroxylation is 2. The predicted molar refractivity (Wildman–Crippen MR) is 74.1 cm³/mol. The summed E-state index contributed by atoms with van der Waals surface area (Å²) in [5, 5.41) is 3.99. The summed E-state index contributed by atoms with van der Waals surface area (Å²) < 4.78 is 7.41. The van der Waals surface area contributed by atoms with Crippen LogP contribution >= 0.6 is 11.6 Å². The summed E-state index contributed by atoms with van der Waals surface area (Å²) in [5.41, 5.74) is 1.97. The monoisotopic (exact) mass is 275 g/mol. The number of hydrogen-bond donors (Lipinski definition) is 0. The topological polar surface area (TPSA) is 39.9 Å². The van der Waals surface area contributed by atoms with Crippen molar-refractivity contribution >= 4 is 11.6 Å². The van der Waals surface area contributed by atoms with Crippen molar-refractivity contribution in [2.75, 3.05) is 5.88 Å². The largest absolute Gasteiger partial charge is 0.485 e. The third-order valence-corrected chi connectivity index (χ3v) is 2.77. The maximum Gasteiger partial charge on any atom is 0.164 e. The molecule has 0 bridgehead atoms. The molecule has 0 amide bonds. The Morgan fingerprint density at radius 3 is 2.89 bits per heavy atom. The van der Waals surface area contributed by atoms with E-state index in [4.69, 9.17) is 16.3 Å². The van der Waals surface area contributed by atoms with Gasteiger partial charge in [0.25, 0.3) is 0 Å². The van der Waals surface area contributed by atoms with Gasteiger partial charge in [0, 0.05) is 12.6 Å². The van der Waals surface area contributed by atoms with E-state index in [1.807, 2.05) is 32.2 Å². The number of nitrogens with zero attached hydrogens (tertiary/aromatic N) is 3. The number of ether oxygens (including phenoxy) is 1. The van der Waals surface area contributed by atoms with Crippen molar-refractivity contribution in [2.45, 2.75) is 13.5 Å². The number of aromatic nitrogens is 3. The van der Waals surface area contributed by atoms with Gasteiger partial charge < -0.3 is 4.74 Å². The molecule has 0 saturated carbocycles. The molecule has 5 heteroatoms. The van der Waals surface area contributed by atoms with Crippen LogP contribution in [0.5, 0.6) is 5.75 Å². The van der Waals surface area contributed by atoms with E-state index in [1.165, 1.54) is 6.33 Å². The number of benzene rings is 1. The highest BCUT2D eigenvalue weighted by atomic mass is 35.5. The van der Waals surface area contributed by atoms with Crippen molar-refractivity contribution in [3.8, 4) is 17.6 Å². The fourth-order valence-corrected chi connectivity index (χ4v) is 1.68. The first-order valence-corrected chi connectivity index (χ1v) is 6.35. The minimum atomic E-state index is 0.337. The zero-order valence-corrected chi connectivity index (χ0v) is 11.6. The van der Waals surface area contributed by atoms with Crippen molar-refractivity contribution in [1.82, 2.24) is 14.8 Å². The van der Waals surface area contributed by atoms with Crippen LogP contribution < -0.4 is 4.74 Å². The van der Waals surface area contributed by atoms with Crippen LogP contribution in [0.3, 0.4) is 0 Å². The van der Waals surface area contributed by atoms with Crippen LogP contribution in [0, 0.1) is 18.8 Å². The first-order valence-electron chi connectivity index (χ1n) is 5.82. The molecule has 2 aromatic rings. The standard InChI is InChI=1S/C14H14ClN3O/c1-11-8-12(4-3-7-15)5-6-13(11)19-9-14-16-10-17-18(14)2/h5-6,8,10H,7,9H2,1-2H3. The van der Waals surface area contributed by atoms with E-state index in [2.05, 4.69) is 21.9 Å². The molecular weight excluding hydrogens is 262 g/mol. The molecule has 0 saturated heterocycles. The van der Waals surface area contributed by atoms with Gasteiger partial charge in [0.15, 0.2) is 5.82 Å². The lowest BCUT2D eigenvalue weighted by molar-refractivity contribution is 0.288. The molecule has 0 aliphatic rings. The molecule has 2 rings (SSSR count). The van der Waals surface area contributed by atoms with Gasteiger partial charge in [-0.3, -0.25) is 4.68 Å². The minimum absolute atomic E-state index is 0.337. The normalized spacial score (nSPS) is 9.84. The molecule has 19 heavy (non-hydrogen) atoms. The molecule has 98 valence electrons. The van der Waals surface area contributed by atoms with E-state index < -0.39 is 0 Å². The lowest BCUT2D eigenvalue weighted by atomic mass is 10.1. The van der Waals surface area contributed by atoms with Crippen molar-refractivity contribution in [3.63, 3.8) is 0 Å². The Balaban J connectivity index is 2.07. The molecule has 1 heterocycles. The molecule has 0 radical (unpaired) electrons. The molecule has 0 aliphatic heterocycles. The second-order valence-corrected chi connectivity index (χ2v) is 4.27. The second-order valence-electron chi connectivity index (χ2n) is 4.00. The molecular formula is C14H14ClN3O. The third kappa shape index (κ3) is 3.49. The number of halogens is 1. The Kier molecular flexibility index (Phi) is 4.43. The van der Waals surface area contributed by atoms with E-state index >= 15 is 0 Å². The summed E-state index contributed by atoms with van der Waals surface area (Å²) in [6.07, 6.45) is 1.51. The van der Waals surface area contributed by atoms with E-state index in [1.54, 1.807) is 4.68 Å². The summed E-state index contributed by atoms with van der Waals surface area (Å²) in [5.74, 6) is 7.74. The van der Waals surface area contributed by atoms with Gasteiger partial charge in [0.2, 0.25) is 0 Å². The van der Waals surface area contributed by atoms with Crippen LogP contribution in [0.4, 0.5) is 0 Å². The van der Waals surface area contributed by atoms with Crippen molar-refractivity contribution in [2.24, 2.45) is 7.05 Å². The van der Waals surface area contributed by atoms with Gasteiger partial charge in [-0.2, -0.15) is 5.10 Å². The van der Waals surface area contributed by atoms with Gasteiger partial charge in [-0.05, 0) is 30.7 Å². The van der Waals surface area contributed by atoms with Gasteiger partial charge in [-0.15, -0.1) is 11.6 Å². The highest BCUT2D eigenvalue weighted by Gasteiger charge is 2.04. The van der Waals surface area contributed by atoms with Crippen molar-refractivity contribution in [3.05, 3.63) is 41.5 Å². The lowest BCUT2D eigenvalue weighted by Crippen LogP contribution is -2.05. The van der Waals surface area contributed by atoms with E-state index in [0.717, 1.165) is 22.7 Å². The average molecular weight is 276 g/mol. The summed E-state index contributed by atoms with van der Waals surface area (Å²) in [4.78, 5) is 4.11. The SMILES string of the molecule is Cc1cc(C#CCCl)ccc1OCc1ncnn1C.